The van der Waals surface area contributed by atoms with Crippen molar-refractivity contribution in [1.82, 2.24) is 20.2 Å². The van der Waals surface area contributed by atoms with Crippen LogP contribution in [0.4, 0.5) is 4.79 Å². The van der Waals surface area contributed by atoms with Crippen LogP contribution in [-0.2, 0) is 11.3 Å². The zero-order chi connectivity index (χ0) is 15.5. The maximum Gasteiger partial charge on any atom is 0.356 e. The molecular weight excluding hydrogens is 276 g/mol. The Balaban J connectivity index is 2.07. The zero-order valence-electron chi connectivity index (χ0n) is 11.7. The van der Waals surface area contributed by atoms with Gasteiger partial charge in [0.15, 0.2) is 5.69 Å². The number of ether oxygens (including phenoxy) is 1. The molecule has 1 aromatic rings. The van der Waals surface area contributed by atoms with Gasteiger partial charge < -0.3 is 25.0 Å². The summed E-state index contributed by atoms with van der Waals surface area (Å²) in [6.45, 7) is 5.87. The summed E-state index contributed by atoms with van der Waals surface area (Å²) in [4.78, 5) is 25.8. The van der Waals surface area contributed by atoms with Crippen LogP contribution in [0, 0.1) is 0 Å². The number of hydrogen-bond acceptors (Lipinski definition) is 4. The van der Waals surface area contributed by atoms with E-state index in [1.54, 1.807) is 10.6 Å². The molecule has 116 valence electrons. The van der Waals surface area contributed by atoms with E-state index >= 15 is 0 Å². The predicted octanol–water partition coefficient (Wildman–Crippen LogP) is 0.473. The van der Waals surface area contributed by atoms with Crippen molar-refractivity contribution in [2.24, 2.45) is 0 Å². The molecule has 8 heteroatoms. The molecule has 0 saturated carbocycles. The first-order valence-electron chi connectivity index (χ1n) is 6.59. The van der Waals surface area contributed by atoms with Crippen LogP contribution in [0.15, 0.2) is 25.2 Å². The number of nitrogens with zero attached hydrogens (tertiary/aromatic N) is 2. The van der Waals surface area contributed by atoms with E-state index in [2.05, 4.69) is 22.2 Å². The number of urea groups is 1. The van der Waals surface area contributed by atoms with Gasteiger partial charge in [-0.25, -0.2) is 14.6 Å². The normalized spacial score (nSPS) is 10.1. The molecule has 3 N–H and O–H groups in total. The number of carboxylic acids is 1. The summed E-state index contributed by atoms with van der Waals surface area (Å²) in [5, 5.41) is 14.0. The van der Waals surface area contributed by atoms with Gasteiger partial charge in [0, 0.05) is 25.8 Å². The number of imidazole rings is 1. The molecule has 1 rings (SSSR count). The highest BCUT2D eigenvalue weighted by atomic mass is 16.5. The number of rotatable bonds is 10. The molecule has 0 bridgehead atoms. The molecule has 0 aliphatic heterocycles. The summed E-state index contributed by atoms with van der Waals surface area (Å²) >= 11 is 0. The van der Waals surface area contributed by atoms with Crippen LogP contribution in [-0.4, -0.2) is 53.0 Å². The van der Waals surface area contributed by atoms with Crippen LogP contribution in [0.5, 0.6) is 0 Å². The number of nitrogens with one attached hydrogen (secondary N) is 2. The maximum absolute atomic E-state index is 11.4. The molecule has 0 fully saturated rings. The van der Waals surface area contributed by atoms with E-state index in [0.29, 0.717) is 32.8 Å². The van der Waals surface area contributed by atoms with E-state index in [4.69, 9.17) is 9.84 Å². The summed E-state index contributed by atoms with van der Waals surface area (Å²) in [6, 6.07) is -0.291. The van der Waals surface area contributed by atoms with Crippen molar-refractivity contribution in [3.63, 3.8) is 0 Å². The number of carbonyl (C=O) groups is 2. The molecule has 0 aromatic carbocycles. The molecule has 0 spiro atoms. The van der Waals surface area contributed by atoms with Crippen LogP contribution in [0.2, 0.25) is 0 Å². The third-order valence-corrected chi connectivity index (χ3v) is 2.51. The van der Waals surface area contributed by atoms with Gasteiger partial charge in [-0.2, -0.15) is 0 Å². The van der Waals surface area contributed by atoms with E-state index in [0.717, 1.165) is 6.42 Å². The van der Waals surface area contributed by atoms with Crippen LogP contribution >= 0.6 is 0 Å². The quantitative estimate of drug-likeness (QED) is 0.430. The highest BCUT2D eigenvalue weighted by molar-refractivity contribution is 5.84. The molecule has 21 heavy (non-hydrogen) atoms. The smallest absolute Gasteiger partial charge is 0.356 e. The van der Waals surface area contributed by atoms with Gasteiger partial charge in [-0.05, 0) is 6.42 Å². The molecule has 0 unspecified atom stereocenters. The van der Waals surface area contributed by atoms with Gasteiger partial charge in [-0.1, -0.05) is 6.08 Å². The van der Waals surface area contributed by atoms with Gasteiger partial charge in [0.2, 0.25) is 0 Å². The third kappa shape index (κ3) is 7.11. The first-order valence-corrected chi connectivity index (χ1v) is 6.59. The number of carboxylic acid groups (broad SMARTS) is 1. The fraction of sp³-hybridized carbons (Fsp3) is 0.462. The largest absolute Gasteiger partial charge is 0.476 e. The van der Waals surface area contributed by atoms with Crippen molar-refractivity contribution in [1.29, 1.82) is 0 Å². The SMILES string of the molecule is C=CCCOCCNC(=O)NCCn1cnc(C(=O)O)c1. The predicted molar refractivity (Wildman–Crippen MR) is 76.2 cm³/mol. The van der Waals surface area contributed by atoms with Crippen LogP contribution in [0.1, 0.15) is 16.9 Å². The molecule has 0 radical (unpaired) electrons. The molecule has 8 nitrogen and oxygen atoms in total. The highest BCUT2D eigenvalue weighted by Gasteiger charge is 2.06. The number of amides is 2. The Morgan fingerprint density at radius 1 is 1.38 bits per heavy atom. The van der Waals surface area contributed by atoms with Crippen LogP contribution in [0.25, 0.3) is 0 Å². The van der Waals surface area contributed by atoms with Gasteiger partial charge in [0.1, 0.15) is 0 Å². The zero-order valence-corrected chi connectivity index (χ0v) is 11.7. The molecule has 1 aromatic heterocycles. The van der Waals surface area contributed by atoms with Crippen molar-refractivity contribution >= 4 is 12.0 Å². The minimum atomic E-state index is -1.07. The molecule has 0 saturated heterocycles. The Labute approximate surface area is 122 Å². The average molecular weight is 296 g/mol. The van der Waals surface area contributed by atoms with Gasteiger partial charge in [0.25, 0.3) is 0 Å². The van der Waals surface area contributed by atoms with Crippen molar-refractivity contribution in [2.75, 3.05) is 26.3 Å². The van der Waals surface area contributed by atoms with Crippen molar-refractivity contribution in [2.45, 2.75) is 13.0 Å². The average Bonchev–Trinajstić information content (AvgIpc) is 2.92. The first kappa shape index (κ1) is 16.7. The summed E-state index contributed by atoms with van der Waals surface area (Å²) in [7, 11) is 0. The van der Waals surface area contributed by atoms with Gasteiger partial charge in [-0.3, -0.25) is 0 Å². The number of aromatic nitrogens is 2. The van der Waals surface area contributed by atoms with E-state index < -0.39 is 5.97 Å². The van der Waals surface area contributed by atoms with Gasteiger partial charge in [0.05, 0.1) is 19.5 Å². The maximum atomic E-state index is 11.4. The Bertz CT molecular complexity index is 472. The number of hydrogen-bond donors (Lipinski definition) is 3. The Kier molecular flexibility index (Phi) is 7.59. The van der Waals surface area contributed by atoms with Gasteiger partial charge >= 0.3 is 12.0 Å². The summed E-state index contributed by atoms with van der Waals surface area (Å²) in [6.07, 6.45) is 5.38. The standard InChI is InChI=1S/C13H20N4O4/c1-2-3-7-21-8-5-15-13(20)14-4-6-17-9-11(12(18)19)16-10-17/h2,9-10H,1,3-8H2,(H,18,19)(H2,14,15,20). The summed E-state index contributed by atoms with van der Waals surface area (Å²) in [5.74, 6) is -1.07. The topological polar surface area (TPSA) is 105 Å². The molecule has 0 aliphatic rings. The molecule has 0 atom stereocenters. The molecule has 1 heterocycles. The van der Waals surface area contributed by atoms with Gasteiger partial charge in [-0.15, -0.1) is 6.58 Å². The monoisotopic (exact) mass is 296 g/mol. The minimum Gasteiger partial charge on any atom is -0.476 e. The van der Waals surface area contributed by atoms with Crippen molar-refractivity contribution < 1.29 is 19.4 Å². The highest BCUT2D eigenvalue weighted by Crippen LogP contribution is 1.95. The summed E-state index contributed by atoms with van der Waals surface area (Å²) < 4.78 is 6.84. The van der Waals surface area contributed by atoms with E-state index in [-0.39, 0.29) is 11.7 Å². The fourth-order valence-corrected chi connectivity index (χ4v) is 1.46. The van der Waals surface area contributed by atoms with Crippen molar-refractivity contribution in [3.8, 4) is 0 Å². The Hall–Kier alpha value is -2.35. The second kappa shape index (κ2) is 9.54. The van der Waals surface area contributed by atoms with E-state index in [1.807, 2.05) is 0 Å². The Morgan fingerprint density at radius 3 is 2.81 bits per heavy atom. The third-order valence-electron chi connectivity index (χ3n) is 2.51. The number of carbonyl (C=O) groups excluding carboxylic acids is 1. The lowest BCUT2D eigenvalue weighted by Gasteiger charge is -2.08. The first-order chi connectivity index (χ1) is 10.1. The lowest BCUT2D eigenvalue weighted by Crippen LogP contribution is -2.38. The minimum absolute atomic E-state index is 0.0175. The van der Waals surface area contributed by atoms with E-state index in [9.17, 15) is 9.59 Å². The summed E-state index contributed by atoms with van der Waals surface area (Å²) in [5.41, 5.74) is -0.0175. The number of aromatic carboxylic acids is 1. The van der Waals surface area contributed by atoms with Crippen molar-refractivity contribution in [3.05, 3.63) is 30.9 Å². The lowest BCUT2D eigenvalue weighted by molar-refractivity contribution is 0.0691. The second-order valence-electron chi connectivity index (χ2n) is 4.17. The Morgan fingerprint density at radius 2 is 2.14 bits per heavy atom. The van der Waals surface area contributed by atoms with Crippen LogP contribution < -0.4 is 10.6 Å². The molecular formula is C13H20N4O4. The fourth-order valence-electron chi connectivity index (χ4n) is 1.46. The molecule has 2 amide bonds. The van der Waals surface area contributed by atoms with E-state index in [1.165, 1.54) is 12.5 Å². The lowest BCUT2D eigenvalue weighted by atomic mass is 10.4. The molecule has 0 aliphatic carbocycles. The second-order valence-corrected chi connectivity index (χ2v) is 4.17. The van der Waals surface area contributed by atoms with Crippen LogP contribution in [0.3, 0.4) is 0 Å².